The van der Waals surface area contributed by atoms with Crippen LogP contribution in [0.2, 0.25) is 0 Å². The molecule has 2 amide bonds. The first-order valence-corrected chi connectivity index (χ1v) is 8.90. The third-order valence-electron chi connectivity index (χ3n) is 6.78. The fourth-order valence-electron chi connectivity index (χ4n) is 5.33. The number of rotatable bonds is 4. The average molecular weight is 308 g/mol. The maximum atomic E-state index is 12.5. The van der Waals surface area contributed by atoms with Gasteiger partial charge in [-0.25, -0.2) is 4.79 Å². The summed E-state index contributed by atoms with van der Waals surface area (Å²) in [5.74, 6) is 0.915. The fraction of sp³-hybridized carbons (Fsp3) is 0.941. The molecular weight excluding hydrogens is 280 g/mol. The van der Waals surface area contributed by atoms with Gasteiger partial charge in [0.15, 0.2) is 0 Å². The first-order chi connectivity index (χ1) is 10.6. The molecule has 4 rings (SSSR count). The van der Waals surface area contributed by atoms with Crippen molar-refractivity contribution in [3.8, 4) is 0 Å². The summed E-state index contributed by atoms with van der Waals surface area (Å²) in [6.07, 6.45) is 8.50. The van der Waals surface area contributed by atoms with Crippen LogP contribution >= 0.6 is 0 Å². The molecule has 22 heavy (non-hydrogen) atoms. The summed E-state index contributed by atoms with van der Waals surface area (Å²) in [5, 5.41) is 15.9. The summed E-state index contributed by atoms with van der Waals surface area (Å²) < 4.78 is 5.96. The second kappa shape index (κ2) is 5.10. The van der Waals surface area contributed by atoms with Crippen LogP contribution in [0.3, 0.4) is 0 Å². The fourth-order valence-corrected chi connectivity index (χ4v) is 5.33. The summed E-state index contributed by atoms with van der Waals surface area (Å²) in [6.45, 7) is 2.81. The van der Waals surface area contributed by atoms with Gasteiger partial charge in [0.25, 0.3) is 0 Å². The molecule has 0 aromatic rings. The lowest BCUT2D eigenvalue weighted by Gasteiger charge is -2.56. The van der Waals surface area contributed by atoms with Crippen molar-refractivity contribution in [1.82, 2.24) is 10.6 Å². The van der Waals surface area contributed by atoms with E-state index in [0.29, 0.717) is 17.9 Å². The van der Waals surface area contributed by atoms with Gasteiger partial charge in [0.2, 0.25) is 0 Å². The van der Waals surface area contributed by atoms with E-state index in [-0.39, 0.29) is 24.1 Å². The normalized spacial score (nSPS) is 38.2. The van der Waals surface area contributed by atoms with E-state index in [1.165, 1.54) is 25.7 Å². The van der Waals surface area contributed by atoms with Crippen LogP contribution in [0.5, 0.6) is 0 Å². The van der Waals surface area contributed by atoms with E-state index in [9.17, 15) is 9.90 Å². The highest BCUT2D eigenvalue weighted by Gasteiger charge is 2.65. The highest BCUT2D eigenvalue weighted by Crippen LogP contribution is 2.60. The number of amides is 2. The zero-order valence-corrected chi connectivity index (χ0v) is 13.4. The highest BCUT2D eigenvalue weighted by atomic mass is 16.5. The Morgan fingerprint density at radius 1 is 1.32 bits per heavy atom. The van der Waals surface area contributed by atoms with Gasteiger partial charge in [-0.3, -0.25) is 0 Å². The molecule has 5 nitrogen and oxygen atoms in total. The molecule has 4 unspecified atom stereocenters. The third kappa shape index (κ3) is 2.08. The quantitative estimate of drug-likeness (QED) is 0.741. The minimum Gasteiger partial charge on any atom is -0.394 e. The van der Waals surface area contributed by atoms with E-state index in [2.05, 4.69) is 10.6 Å². The summed E-state index contributed by atoms with van der Waals surface area (Å²) >= 11 is 0. The number of hydrogen-bond donors (Lipinski definition) is 3. The van der Waals surface area contributed by atoms with Crippen molar-refractivity contribution < 1.29 is 14.6 Å². The molecule has 3 saturated carbocycles. The van der Waals surface area contributed by atoms with Gasteiger partial charge >= 0.3 is 6.03 Å². The Morgan fingerprint density at radius 3 is 2.68 bits per heavy atom. The minimum atomic E-state index is -0.470. The second-order valence-electron chi connectivity index (χ2n) is 8.11. The minimum absolute atomic E-state index is 0.00998. The Bertz CT molecular complexity index is 459. The zero-order chi connectivity index (χ0) is 15.4. The predicted octanol–water partition coefficient (Wildman–Crippen LogP) is 1.79. The van der Waals surface area contributed by atoms with Crippen LogP contribution in [0.1, 0.15) is 51.9 Å². The van der Waals surface area contributed by atoms with Gasteiger partial charge in [-0.15, -0.1) is 0 Å². The molecule has 1 spiro atoms. The molecule has 4 aliphatic rings. The molecule has 124 valence electrons. The monoisotopic (exact) mass is 308 g/mol. The van der Waals surface area contributed by atoms with Crippen LogP contribution in [0, 0.1) is 17.3 Å². The van der Waals surface area contributed by atoms with Crippen LogP contribution in [-0.2, 0) is 4.74 Å². The van der Waals surface area contributed by atoms with E-state index < -0.39 is 5.54 Å². The van der Waals surface area contributed by atoms with E-state index in [1.807, 2.05) is 6.92 Å². The van der Waals surface area contributed by atoms with Gasteiger partial charge in [0.1, 0.15) is 0 Å². The molecule has 3 aliphatic carbocycles. The molecule has 0 bridgehead atoms. The van der Waals surface area contributed by atoms with Crippen molar-refractivity contribution in [2.75, 3.05) is 13.2 Å². The second-order valence-corrected chi connectivity index (χ2v) is 8.11. The smallest absolute Gasteiger partial charge is 0.315 e. The molecular formula is C17H28N2O3. The standard InChI is InChI=1S/C17H28N2O3/c1-16(10-20,11-4-5-11)19-15(21)18-13-12-6-9-22-14(12)17(13)7-2-3-8-17/h11-14,20H,2-10H2,1H3,(H2,18,19,21). The highest BCUT2D eigenvalue weighted by molar-refractivity contribution is 5.75. The number of ether oxygens (including phenoxy) is 1. The first-order valence-electron chi connectivity index (χ1n) is 8.90. The Kier molecular flexibility index (Phi) is 3.42. The number of urea groups is 1. The lowest BCUT2D eigenvalue weighted by atomic mass is 9.54. The van der Waals surface area contributed by atoms with E-state index in [0.717, 1.165) is 25.9 Å². The van der Waals surface area contributed by atoms with Crippen molar-refractivity contribution in [3.63, 3.8) is 0 Å². The van der Waals surface area contributed by atoms with Gasteiger partial charge in [-0.1, -0.05) is 12.8 Å². The SMILES string of the molecule is CC(CO)(NC(=O)NC1C2CCOC2C12CCCC2)C1CC1. The van der Waals surface area contributed by atoms with Crippen LogP contribution in [-0.4, -0.2) is 42.0 Å². The van der Waals surface area contributed by atoms with Gasteiger partial charge < -0.3 is 20.5 Å². The number of carbonyl (C=O) groups is 1. The van der Waals surface area contributed by atoms with Crippen LogP contribution in [0.15, 0.2) is 0 Å². The Hall–Kier alpha value is -0.810. The molecule has 4 atom stereocenters. The van der Waals surface area contributed by atoms with Gasteiger partial charge in [0.05, 0.1) is 18.2 Å². The van der Waals surface area contributed by atoms with Crippen LogP contribution in [0.4, 0.5) is 4.79 Å². The zero-order valence-electron chi connectivity index (χ0n) is 13.4. The molecule has 3 N–H and O–H groups in total. The molecule has 0 aromatic heterocycles. The molecule has 1 saturated heterocycles. The molecule has 1 aliphatic heterocycles. The number of nitrogens with one attached hydrogen (secondary N) is 2. The molecule has 0 aromatic carbocycles. The summed E-state index contributed by atoms with van der Waals surface area (Å²) in [4.78, 5) is 12.5. The summed E-state index contributed by atoms with van der Waals surface area (Å²) in [5.41, 5.74) is -0.282. The summed E-state index contributed by atoms with van der Waals surface area (Å²) in [7, 11) is 0. The van der Waals surface area contributed by atoms with Crippen molar-refractivity contribution in [2.45, 2.75) is 69.6 Å². The molecule has 1 heterocycles. The number of carbonyl (C=O) groups excluding carboxylic acids is 1. The molecule has 5 heteroatoms. The molecule has 0 radical (unpaired) electrons. The Labute approximate surface area is 132 Å². The third-order valence-corrected chi connectivity index (χ3v) is 6.78. The van der Waals surface area contributed by atoms with E-state index in [1.54, 1.807) is 0 Å². The lowest BCUT2D eigenvalue weighted by molar-refractivity contribution is -0.126. The van der Waals surface area contributed by atoms with E-state index >= 15 is 0 Å². The topological polar surface area (TPSA) is 70.6 Å². The number of hydrogen-bond acceptors (Lipinski definition) is 3. The van der Waals surface area contributed by atoms with Crippen molar-refractivity contribution >= 4 is 6.03 Å². The van der Waals surface area contributed by atoms with Gasteiger partial charge in [-0.05, 0) is 44.9 Å². The Morgan fingerprint density at radius 2 is 2.05 bits per heavy atom. The maximum Gasteiger partial charge on any atom is 0.315 e. The number of fused-ring (bicyclic) bond motifs is 2. The maximum absolute atomic E-state index is 12.5. The van der Waals surface area contributed by atoms with Gasteiger partial charge in [0, 0.05) is 24.0 Å². The van der Waals surface area contributed by atoms with Crippen molar-refractivity contribution in [1.29, 1.82) is 0 Å². The van der Waals surface area contributed by atoms with Crippen LogP contribution < -0.4 is 10.6 Å². The first kappa shape index (κ1) is 14.8. The van der Waals surface area contributed by atoms with Crippen LogP contribution in [0.25, 0.3) is 0 Å². The molecule has 4 fully saturated rings. The van der Waals surface area contributed by atoms with Crippen molar-refractivity contribution in [2.24, 2.45) is 17.3 Å². The van der Waals surface area contributed by atoms with Gasteiger partial charge in [-0.2, -0.15) is 0 Å². The predicted molar refractivity (Wildman–Crippen MR) is 82.4 cm³/mol. The van der Waals surface area contributed by atoms with Crippen molar-refractivity contribution in [3.05, 3.63) is 0 Å². The van der Waals surface area contributed by atoms with E-state index in [4.69, 9.17) is 4.74 Å². The number of aliphatic hydroxyl groups excluding tert-OH is 1. The lowest BCUT2D eigenvalue weighted by Crippen LogP contribution is -2.70. The Balaban J connectivity index is 1.42. The number of aliphatic hydroxyl groups is 1. The average Bonchev–Trinajstić information content (AvgIpc) is 3.08. The largest absolute Gasteiger partial charge is 0.394 e. The summed E-state index contributed by atoms with van der Waals surface area (Å²) in [6, 6.07) is 0.148.